The van der Waals surface area contributed by atoms with E-state index in [1.165, 1.54) is 10.9 Å². The molecule has 6 heteroatoms. The third-order valence-electron chi connectivity index (χ3n) is 1.50. The van der Waals surface area contributed by atoms with Crippen molar-refractivity contribution in [3.8, 4) is 0 Å². The first-order valence-electron chi connectivity index (χ1n) is 3.43. The molecule has 0 saturated carbocycles. The van der Waals surface area contributed by atoms with Gasteiger partial charge in [0.05, 0.1) is 6.61 Å². The Labute approximate surface area is 68.6 Å². The van der Waals surface area contributed by atoms with Gasteiger partial charge in [-0.2, -0.15) is 0 Å². The average molecular weight is 171 g/mol. The monoisotopic (exact) mass is 171 g/mol. The van der Waals surface area contributed by atoms with Crippen molar-refractivity contribution in [2.75, 3.05) is 6.61 Å². The number of nitro groups is 1. The van der Waals surface area contributed by atoms with Gasteiger partial charge in [0.1, 0.15) is 12.2 Å². The molecule has 6 nitrogen and oxygen atoms in total. The summed E-state index contributed by atoms with van der Waals surface area (Å²) >= 11 is 0. The summed E-state index contributed by atoms with van der Waals surface area (Å²) in [5, 5.41) is 19.0. The molecule has 0 spiro atoms. The van der Waals surface area contributed by atoms with E-state index in [9.17, 15) is 10.1 Å². The van der Waals surface area contributed by atoms with Crippen LogP contribution in [-0.4, -0.2) is 26.2 Å². The zero-order valence-corrected chi connectivity index (χ0v) is 6.60. The molecule has 0 aromatic carbocycles. The minimum atomic E-state index is -0.502. The highest BCUT2D eigenvalue weighted by Crippen LogP contribution is 2.15. The number of imidazole rings is 1. The summed E-state index contributed by atoms with van der Waals surface area (Å²) in [7, 11) is 0. The molecule has 1 heterocycles. The van der Waals surface area contributed by atoms with Crippen LogP contribution in [0.3, 0.4) is 0 Å². The number of hydrogen-bond donors (Lipinski definition) is 1. The summed E-state index contributed by atoms with van der Waals surface area (Å²) in [6, 6.07) is 0. The van der Waals surface area contributed by atoms with E-state index in [4.69, 9.17) is 5.11 Å². The standard InChI is InChI=1S/C6H9N3O3/c1-5-6(9(11)12)8(2-3-10)4-7-5/h4,10H,2-3H2,1H3. The molecule has 0 atom stereocenters. The molecular weight excluding hydrogens is 162 g/mol. The zero-order valence-electron chi connectivity index (χ0n) is 6.60. The van der Waals surface area contributed by atoms with Gasteiger partial charge in [0.25, 0.3) is 0 Å². The van der Waals surface area contributed by atoms with E-state index in [0.717, 1.165) is 0 Å². The second kappa shape index (κ2) is 3.31. The Hall–Kier alpha value is -1.43. The average Bonchev–Trinajstić information content (AvgIpc) is 2.32. The Kier molecular flexibility index (Phi) is 2.39. The summed E-state index contributed by atoms with van der Waals surface area (Å²) < 4.78 is 1.31. The number of nitrogens with zero attached hydrogens (tertiary/aromatic N) is 3. The van der Waals surface area contributed by atoms with Crippen LogP contribution in [0, 0.1) is 17.0 Å². The Morgan fingerprint density at radius 2 is 2.50 bits per heavy atom. The van der Waals surface area contributed by atoms with Gasteiger partial charge in [0.15, 0.2) is 6.33 Å². The van der Waals surface area contributed by atoms with Gasteiger partial charge in [-0.1, -0.05) is 0 Å². The number of aliphatic hydroxyl groups excluding tert-OH is 1. The maximum absolute atomic E-state index is 10.4. The third kappa shape index (κ3) is 1.42. The molecular formula is C6H9N3O3. The van der Waals surface area contributed by atoms with Crippen molar-refractivity contribution in [2.45, 2.75) is 13.5 Å². The van der Waals surface area contributed by atoms with Crippen molar-refractivity contribution in [2.24, 2.45) is 0 Å². The summed E-state index contributed by atoms with van der Waals surface area (Å²) in [4.78, 5) is 13.7. The Morgan fingerprint density at radius 3 is 3.00 bits per heavy atom. The molecule has 0 saturated heterocycles. The molecule has 0 aliphatic heterocycles. The van der Waals surface area contributed by atoms with Crippen LogP contribution in [0.1, 0.15) is 5.69 Å². The van der Waals surface area contributed by atoms with E-state index in [1.807, 2.05) is 0 Å². The Balaban J connectivity index is 3.04. The van der Waals surface area contributed by atoms with Crippen LogP contribution in [0.4, 0.5) is 5.82 Å². The van der Waals surface area contributed by atoms with Crippen LogP contribution in [-0.2, 0) is 6.54 Å². The first-order chi connectivity index (χ1) is 5.66. The predicted octanol–water partition coefficient (Wildman–Crippen LogP) is 0.0920. The molecule has 12 heavy (non-hydrogen) atoms. The molecule has 0 aliphatic rings. The molecule has 0 unspecified atom stereocenters. The van der Waals surface area contributed by atoms with Crippen molar-refractivity contribution < 1.29 is 10.0 Å². The lowest BCUT2D eigenvalue weighted by Crippen LogP contribution is -2.05. The maximum atomic E-state index is 10.4. The SMILES string of the molecule is Cc1ncn(CCO)c1[N+](=O)[O-]. The summed E-state index contributed by atoms with van der Waals surface area (Å²) in [5.41, 5.74) is 0.369. The number of aromatic nitrogens is 2. The minimum Gasteiger partial charge on any atom is -0.392 e. The van der Waals surface area contributed by atoms with Crippen molar-refractivity contribution >= 4 is 5.82 Å². The van der Waals surface area contributed by atoms with Crippen molar-refractivity contribution in [1.29, 1.82) is 0 Å². The molecule has 1 rings (SSSR count). The number of aliphatic hydroxyl groups is 1. The van der Waals surface area contributed by atoms with Gasteiger partial charge < -0.3 is 15.2 Å². The molecule has 0 bridgehead atoms. The fraction of sp³-hybridized carbons (Fsp3) is 0.500. The molecule has 0 aliphatic carbocycles. The largest absolute Gasteiger partial charge is 0.392 e. The second-order valence-electron chi connectivity index (χ2n) is 2.33. The van der Waals surface area contributed by atoms with E-state index in [-0.39, 0.29) is 19.0 Å². The van der Waals surface area contributed by atoms with Crippen LogP contribution >= 0.6 is 0 Å². The number of aryl methyl sites for hydroxylation is 1. The lowest BCUT2D eigenvalue weighted by atomic mass is 10.5. The van der Waals surface area contributed by atoms with E-state index in [2.05, 4.69) is 4.98 Å². The van der Waals surface area contributed by atoms with Gasteiger partial charge in [-0.25, -0.2) is 9.55 Å². The van der Waals surface area contributed by atoms with E-state index >= 15 is 0 Å². The quantitative estimate of drug-likeness (QED) is 0.516. The normalized spacial score (nSPS) is 10.2. The first kappa shape index (κ1) is 8.66. The molecule has 66 valence electrons. The van der Waals surface area contributed by atoms with Gasteiger partial charge in [-0.15, -0.1) is 0 Å². The maximum Gasteiger partial charge on any atom is 0.345 e. The Morgan fingerprint density at radius 1 is 1.83 bits per heavy atom. The van der Waals surface area contributed by atoms with Crippen LogP contribution in [0.2, 0.25) is 0 Å². The molecule has 1 aromatic heterocycles. The van der Waals surface area contributed by atoms with Crippen molar-refractivity contribution in [1.82, 2.24) is 9.55 Å². The van der Waals surface area contributed by atoms with E-state index in [0.29, 0.717) is 5.69 Å². The highest BCUT2D eigenvalue weighted by molar-refractivity contribution is 5.26. The second-order valence-corrected chi connectivity index (χ2v) is 2.33. The third-order valence-corrected chi connectivity index (χ3v) is 1.50. The summed E-state index contributed by atoms with van der Waals surface area (Å²) in [6.45, 7) is 1.64. The molecule has 1 aromatic rings. The van der Waals surface area contributed by atoms with Crippen LogP contribution < -0.4 is 0 Å². The summed E-state index contributed by atoms with van der Waals surface area (Å²) in [6.07, 6.45) is 1.35. The number of rotatable bonds is 3. The minimum absolute atomic E-state index is 0.0518. The number of hydrogen-bond acceptors (Lipinski definition) is 4. The van der Waals surface area contributed by atoms with Gasteiger partial charge in [0, 0.05) is 0 Å². The Bertz CT molecular complexity index is 294. The predicted molar refractivity (Wildman–Crippen MR) is 40.7 cm³/mol. The van der Waals surface area contributed by atoms with Crippen LogP contribution in [0.25, 0.3) is 0 Å². The smallest absolute Gasteiger partial charge is 0.345 e. The first-order valence-corrected chi connectivity index (χ1v) is 3.43. The molecule has 0 radical (unpaired) electrons. The summed E-state index contributed by atoms with van der Waals surface area (Å²) in [5.74, 6) is -0.0518. The highest BCUT2D eigenvalue weighted by Gasteiger charge is 2.17. The lowest BCUT2D eigenvalue weighted by Gasteiger charge is -1.97. The highest BCUT2D eigenvalue weighted by atomic mass is 16.6. The van der Waals surface area contributed by atoms with E-state index < -0.39 is 4.92 Å². The molecule has 1 N–H and O–H groups in total. The lowest BCUT2D eigenvalue weighted by molar-refractivity contribution is -0.392. The van der Waals surface area contributed by atoms with Crippen LogP contribution in [0.5, 0.6) is 0 Å². The van der Waals surface area contributed by atoms with E-state index in [1.54, 1.807) is 6.92 Å². The fourth-order valence-electron chi connectivity index (χ4n) is 0.985. The fourth-order valence-corrected chi connectivity index (χ4v) is 0.985. The van der Waals surface area contributed by atoms with Crippen molar-refractivity contribution in [3.05, 3.63) is 22.1 Å². The zero-order chi connectivity index (χ0) is 9.14. The van der Waals surface area contributed by atoms with Crippen LogP contribution in [0.15, 0.2) is 6.33 Å². The molecule has 0 fully saturated rings. The van der Waals surface area contributed by atoms with Crippen molar-refractivity contribution in [3.63, 3.8) is 0 Å². The van der Waals surface area contributed by atoms with Gasteiger partial charge in [-0.3, -0.25) is 0 Å². The van der Waals surface area contributed by atoms with Gasteiger partial charge in [0.2, 0.25) is 0 Å². The topological polar surface area (TPSA) is 81.2 Å². The van der Waals surface area contributed by atoms with Gasteiger partial charge in [-0.05, 0) is 11.8 Å². The molecule has 0 amide bonds. The van der Waals surface area contributed by atoms with Gasteiger partial charge >= 0.3 is 5.82 Å².